The van der Waals surface area contributed by atoms with Gasteiger partial charge < -0.3 is 10.6 Å². The molecule has 0 bridgehead atoms. The molecule has 4 nitrogen and oxygen atoms in total. The molecule has 0 saturated heterocycles. The molecule has 2 N–H and O–H groups in total. The lowest BCUT2D eigenvalue weighted by Gasteiger charge is -2.15. The lowest BCUT2D eigenvalue weighted by Crippen LogP contribution is -2.29. The van der Waals surface area contributed by atoms with Crippen LogP contribution in [0.2, 0.25) is 0 Å². The molecule has 2 aromatic carbocycles. The third-order valence-corrected chi connectivity index (χ3v) is 4.67. The molecule has 126 valence electrons. The molecule has 1 unspecified atom stereocenters. The van der Waals surface area contributed by atoms with E-state index in [0.717, 1.165) is 21.1 Å². The van der Waals surface area contributed by atoms with Gasteiger partial charge in [0.1, 0.15) is 0 Å². The van der Waals surface area contributed by atoms with Gasteiger partial charge in [-0.1, -0.05) is 32.0 Å². The number of nitrogens with one attached hydrogen (secondary N) is 2. The van der Waals surface area contributed by atoms with Gasteiger partial charge in [0.05, 0.1) is 0 Å². The van der Waals surface area contributed by atoms with Gasteiger partial charge in [-0.2, -0.15) is 0 Å². The Morgan fingerprint density at radius 2 is 1.67 bits per heavy atom. The number of rotatable bonds is 4. The highest BCUT2D eigenvalue weighted by atomic mass is 127. The number of hydrogen-bond donors (Lipinski definition) is 2. The van der Waals surface area contributed by atoms with Crippen LogP contribution in [0, 0.1) is 10.5 Å². The van der Waals surface area contributed by atoms with Gasteiger partial charge >= 0.3 is 11.8 Å². The van der Waals surface area contributed by atoms with Crippen LogP contribution in [-0.4, -0.2) is 11.8 Å². The Bertz CT molecular complexity index is 759. The number of anilines is 2. The molecule has 0 aromatic heterocycles. The monoisotopic (exact) mass is 436 g/mol. The summed E-state index contributed by atoms with van der Waals surface area (Å²) in [7, 11) is 0. The van der Waals surface area contributed by atoms with Gasteiger partial charge in [-0.05, 0) is 77.2 Å². The van der Waals surface area contributed by atoms with Crippen molar-refractivity contribution >= 4 is 45.8 Å². The Morgan fingerprint density at radius 3 is 2.29 bits per heavy atom. The van der Waals surface area contributed by atoms with Crippen LogP contribution in [0.4, 0.5) is 11.4 Å². The molecule has 2 aromatic rings. The summed E-state index contributed by atoms with van der Waals surface area (Å²) in [5.41, 5.74) is 3.28. The zero-order valence-electron chi connectivity index (χ0n) is 14.0. The van der Waals surface area contributed by atoms with Crippen LogP contribution in [0.1, 0.15) is 37.3 Å². The van der Waals surface area contributed by atoms with Gasteiger partial charge in [0.2, 0.25) is 0 Å². The Balaban J connectivity index is 2.11. The number of carbonyl (C=O) groups is 2. The van der Waals surface area contributed by atoms with Crippen molar-refractivity contribution in [2.75, 3.05) is 10.6 Å². The third kappa shape index (κ3) is 4.56. The first-order valence-electron chi connectivity index (χ1n) is 7.89. The van der Waals surface area contributed by atoms with Crippen molar-refractivity contribution in [3.05, 3.63) is 57.2 Å². The van der Waals surface area contributed by atoms with Crippen LogP contribution < -0.4 is 10.6 Å². The normalized spacial score (nSPS) is 11.7. The molecule has 0 heterocycles. The highest BCUT2D eigenvalue weighted by Crippen LogP contribution is 2.26. The Morgan fingerprint density at radius 1 is 1.04 bits per heavy atom. The predicted molar refractivity (Wildman–Crippen MR) is 106 cm³/mol. The van der Waals surface area contributed by atoms with Crippen molar-refractivity contribution in [1.29, 1.82) is 0 Å². The Hall–Kier alpha value is -1.89. The Kier molecular flexibility index (Phi) is 6.36. The summed E-state index contributed by atoms with van der Waals surface area (Å²) >= 11 is 2.21. The van der Waals surface area contributed by atoms with Crippen LogP contribution >= 0.6 is 22.6 Å². The van der Waals surface area contributed by atoms with Gasteiger partial charge in [-0.25, -0.2) is 0 Å². The van der Waals surface area contributed by atoms with E-state index in [1.807, 2.05) is 43.3 Å². The molecule has 2 amide bonds. The maximum absolute atomic E-state index is 12.2. The van der Waals surface area contributed by atoms with E-state index in [4.69, 9.17) is 0 Å². The molecule has 0 aliphatic carbocycles. The molecule has 0 saturated carbocycles. The summed E-state index contributed by atoms with van der Waals surface area (Å²) in [6.07, 6.45) is 0.959. The second kappa shape index (κ2) is 8.28. The molecule has 5 heteroatoms. The van der Waals surface area contributed by atoms with Gasteiger partial charge in [0.15, 0.2) is 0 Å². The second-order valence-corrected chi connectivity index (χ2v) is 7.01. The van der Waals surface area contributed by atoms with Gasteiger partial charge in [-0.3, -0.25) is 9.59 Å². The summed E-state index contributed by atoms with van der Waals surface area (Å²) < 4.78 is 1.08. The summed E-state index contributed by atoms with van der Waals surface area (Å²) in [5, 5.41) is 5.39. The van der Waals surface area contributed by atoms with Gasteiger partial charge in [0, 0.05) is 14.9 Å². The van der Waals surface area contributed by atoms with E-state index >= 15 is 0 Å². The standard InChI is InChI=1S/C19H21IN2O2/c1-4-12(2)15-7-5-6-8-17(15)22-19(24)18(23)21-16-10-9-14(20)11-13(16)3/h5-12H,4H2,1-3H3,(H,21,23)(H,22,24). The first kappa shape index (κ1) is 18.4. The van der Waals surface area contributed by atoms with E-state index in [-0.39, 0.29) is 0 Å². The molecular formula is C19H21IN2O2. The SMILES string of the molecule is CCC(C)c1ccccc1NC(=O)C(=O)Nc1ccc(I)cc1C. The van der Waals surface area contributed by atoms with E-state index in [1.165, 1.54) is 0 Å². The molecule has 0 fully saturated rings. The largest absolute Gasteiger partial charge is 0.318 e. The maximum Gasteiger partial charge on any atom is 0.314 e. The number of hydrogen-bond acceptors (Lipinski definition) is 2. The van der Waals surface area contributed by atoms with Crippen molar-refractivity contribution in [3.8, 4) is 0 Å². The summed E-state index contributed by atoms with van der Waals surface area (Å²) in [4.78, 5) is 24.4. The lowest BCUT2D eigenvalue weighted by molar-refractivity contribution is -0.133. The first-order valence-corrected chi connectivity index (χ1v) is 8.97. The highest BCUT2D eigenvalue weighted by Gasteiger charge is 2.17. The van der Waals surface area contributed by atoms with Crippen molar-refractivity contribution < 1.29 is 9.59 Å². The second-order valence-electron chi connectivity index (χ2n) is 5.76. The molecule has 0 radical (unpaired) electrons. The third-order valence-electron chi connectivity index (χ3n) is 4.00. The topological polar surface area (TPSA) is 58.2 Å². The summed E-state index contributed by atoms with van der Waals surface area (Å²) in [5.74, 6) is -1.02. The van der Waals surface area contributed by atoms with Crippen molar-refractivity contribution in [1.82, 2.24) is 0 Å². The van der Waals surface area contributed by atoms with Crippen molar-refractivity contribution in [2.24, 2.45) is 0 Å². The maximum atomic E-state index is 12.2. The molecule has 0 aliphatic heterocycles. The molecule has 1 atom stereocenters. The van der Waals surface area contributed by atoms with Crippen molar-refractivity contribution in [2.45, 2.75) is 33.1 Å². The Labute approximate surface area is 156 Å². The van der Waals surface area contributed by atoms with Crippen LogP contribution in [-0.2, 0) is 9.59 Å². The number of para-hydroxylation sites is 1. The molecule has 24 heavy (non-hydrogen) atoms. The average molecular weight is 436 g/mol. The van der Waals surface area contributed by atoms with Crippen LogP contribution in [0.15, 0.2) is 42.5 Å². The fourth-order valence-electron chi connectivity index (χ4n) is 2.39. The van der Waals surface area contributed by atoms with Gasteiger partial charge in [0.25, 0.3) is 0 Å². The number of aryl methyl sites for hydroxylation is 1. The zero-order chi connectivity index (χ0) is 17.7. The fraction of sp³-hybridized carbons (Fsp3) is 0.263. The van der Waals surface area contributed by atoms with Crippen LogP contribution in [0.25, 0.3) is 0 Å². The van der Waals surface area contributed by atoms with E-state index in [1.54, 1.807) is 6.07 Å². The van der Waals surface area contributed by atoms with Crippen LogP contribution in [0.3, 0.4) is 0 Å². The quantitative estimate of drug-likeness (QED) is 0.540. The average Bonchev–Trinajstić information content (AvgIpc) is 2.57. The molecular weight excluding hydrogens is 415 g/mol. The van der Waals surface area contributed by atoms with Gasteiger partial charge in [-0.15, -0.1) is 0 Å². The number of carbonyl (C=O) groups excluding carboxylic acids is 2. The number of amides is 2. The lowest BCUT2D eigenvalue weighted by atomic mass is 9.97. The fourth-order valence-corrected chi connectivity index (χ4v) is 3.03. The minimum atomic E-state index is -0.668. The van der Waals surface area contributed by atoms with E-state index in [9.17, 15) is 9.59 Å². The number of halogens is 1. The van der Waals surface area contributed by atoms with E-state index in [0.29, 0.717) is 17.3 Å². The summed E-state index contributed by atoms with van der Waals surface area (Å²) in [6.45, 7) is 6.09. The molecule has 2 rings (SSSR count). The smallest absolute Gasteiger partial charge is 0.314 e. The minimum Gasteiger partial charge on any atom is -0.318 e. The zero-order valence-corrected chi connectivity index (χ0v) is 16.2. The summed E-state index contributed by atoms with van der Waals surface area (Å²) in [6, 6.07) is 13.2. The van der Waals surface area contributed by atoms with Crippen LogP contribution in [0.5, 0.6) is 0 Å². The van der Waals surface area contributed by atoms with Crippen molar-refractivity contribution in [3.63, 3.8) is 0 Å². The molecule has 0 aliphatic rings. The van der Waals surface area contributed by atoms with E-state index in [2.05, 4.69) is 47.1 Å². The predicted octanol–water partition coefficient (Wildman–Crippen LogP) is 4.69. The minimum absolute atomic E-state index is 0.308. The number of benzene rings is 2. The molecule has 0 spiro atoms. The van der Waals surface area contributed by atoms with E-state index < -0.39 is 11.8 Å². The highest BCUT2D eigenvalue weighted by molar-refractivity contribution is 14.1. The first-order chi connectivity index (χ1) is 11.4.